The average Bonchev–Trinajstić information content (AvgIpc) is 2.93. The van der Waals surface area contributed by atoms with Gasteiger partial charge in [-0.3, -0.25) is 9.69 Å². The molecule has 0 spiro atoms. The second-order valence-electron chi connectivity index (χ2n) is 5.95. The van der Waals surface area contributed by atoms with Crippen molar-refractivity contribution in [3.63, 3.8) is 0 Å². The highest BCUT2D eigenvalue weighted by Gasteiger charge is 2.32. The van der Waals surface area contributed by atoms with Gasteiger partial charge in [-0.25, -0.2) is 0 Å². The van der Waals surface area contributed by atoms with Crippen LogP contribution in [0, 0.1) is 0 Å². The lowest BCUT2D eigenvalue weighted by Gasteiger charge is -2.14. The van der Waals surface area contributed by atoms with Gasteiger partial charge in [-0.15, -0.1) is 0 Å². The molecule has 0 unspecified atom stereocenters. The summed E-state index contributed by atoms with van der Waals surface area (Å²) in [5, 5.41) is 0. The molecule has 2 aromatic rings. The van der Waals surface area contributed by atoms with Crippen LogP contribution >= 0.6 is 39.9 Å². The molecule has 0 saturated carbocycles. The van der Waals surface area contributed by atoms with Crippen LogP contribution in [0.4, 0.5) is 0 Å². The van der Waals surface area contributed by atoms with Crippen molar-refractivity contribution >= 4 is 56.2 Å². The molecule has 2 aromatic carbocycles. The van der Waals surface area contributed by atoms with E-state index in [1.165, 1.54) is 11.8 Å². The van der Waals surface area contributed by atoms with Crippen molar-refractivity contribution in [1.29, 1.82) is 0 Å². The number of thiocarbonyl (C=S) groups is 1. The molecule has 1 fully saturated rings. The zero-order valence-electron chi connectivity index (χ0n) is 15.6. The Balaban J connectivity index is 1.87. The van der Waals surface area contributed by atoms with Crippen molar-refractivity contribution in [2.45, 2.75) is 20.4 Å². The van der Waals surface area contributed by atoms with E-state index in [0.717, 1.165) is 15.6 Å². The van der Waals surface area contributed by atoms with E-state index in [1.807, 2.05) is 62.4 Å². The first-order valence-corrected chi connectivity index (χ1v) is 10.9. The lowest BCUT2D eigenvalue weighted by Crippen LogP contribution is -2.27. The van der Waals surface area contributed by atoms with Crippen molar-refractivity contribution in [3.05, 3.63) is 63.0 Å². The fourth-order valence-electron chi connectivity index (χ4n) is 2.77. The molecular weight excluding hydrogens is 458 g/mol. The van der Waals surface area contributed by atoms with Gasteiger partial charge >= 0.3 is 0 Å². The molecule has 7 heteroatoms. The van der Waals surface area contributed by atoms with Crippen molar-refractivity contribution < 1.29 is 14.3 Å². The molecule has 0 radical (unpaired) electrons. The highest BCUT2D eigenvalue weighted by Crippen LogP contribution is 2.39. The second kappa shape index (κ2) is 9.58. The summed E-state index contributed by atoms with van der Waals surface area (Å²) in [5.41, 5.74) is 1.89. The first-order chi connectivity index (χ1) is 13.5. The topological polar surface area (TPSA) is 38.8 Å². The third kappa shape index (κ3) is 4.77. The van der Waals surface area contributed by atoms with Crippen LogP contribution in [-0.4, -0.2) is 28.3 Å². The molecule has 1 aliphatic heterocycles. The van der Waals surface area contributed by atoms with Crippen LogP contribution in [0.1, 0.15) is 25.0 Å². The third-order valence-corrected chi connectivity index (χ3v) is 5.94. The lowest BCUT2D eigenvalue weighted by molar-refractivity contribution is -0.122. The summed E-state index contributed by atoms with van der Waals surface area (Å²) in [7, 11) is 0. The molecule has 1 saturated heterocycles. The Kier molecular flexibility index (Phi) is 7.15. The monoisotopic (exact) mass is 477 g/mol. The Bertz CT molecular complexity index is 915. The zero-order valence-corrected chi connectivity index (χ0v) is 18.8. The molecule has 0 atom stereocenters. The van der Waals surface area contributed by atoms with Crippen LogP contribution in [0.5, 0.6) is 11.5 Å². The number of rotatable bonds is 7. The van der Waals surface area contributed by atoms with E-state index >= 15 is 0 Å². The summed E-state index contributed by atoms with van der Waals surface area (Å²) in [4.78, 5) is 15.1. The Morgan fingerprint density at radius 2 is 1.86 bits per heavy atom. The summed E-state index contributed by atoms with van der Waals surface area (Å²) in [5.74, 6) is 1.23. The van der Waals surface area contributed by atoms with Crippen LogP contribution < -0.4 is 9.47 Å². The first kappa shape index (κ1) is 20.9. The number of benzene rings is 2. The quantitative estimate of drug-likeness (QED) is 0.380. The summed E-state index contributed by atoms with van der Waals surface area (Å²) < 4.78 is 12.7. The maximum Gasteiger partial charge on any atom is 0.266 e. The highest BCUT2D eigenvalue weighted by molar-refractivity contribution is 9.10. The number of nitrogens with zero attached hydrogens (tertiary/aromatic N) is 1. The summed E-state index contributed by atoms with van der Waals surface area (Å²) in [6.45, 7) is 5.38. The molecule has 1 amide bonds. The van der Waals surface area contributed by atoms with Crippen LogP contribution in [0.15, 0.2) is 51.8 Å². The normalized spacial score (nSPS) is 15.4. The molecule has 146 valence electrons. The molecule has 0 N–H and O–H groups in total. The van der Waals surface area contributed by atoms with Gasteiger partial charge in [0, 0.05) is 0 Å². The first-order valence-electron chi connectivity index (χ1n) is 8.92. The Morgan fingerprint density at radius 3 is 2.54 bits per heavy atom. The number of hydrogen-bond donors (Lipinski definition) is 0. The van der Waals surface area contributed by atoms with Gasteiger partial charge in [0.05, 0.1) is 29.1 Å². The molecule has 28 heavy (non-hydrogen) atoms. The van der Waals surface area contributed by atoms with Gasteiger partial charge in [0.25, 0.3) is 5.91 Å². The Labute approximate surface area is 183 Å². The fraction of sp³-hybridized carbons (Fsp3) is 0.238. The van der Waals surface area contributed by atoms with Crippen LogP contribution in [0.25, 0.3) is 6.08 Å². The summed E-state index contributed by atoms with van der Waals surface area (Å²) in [6.07, 6.45) is 1.84. The van der Waals surface area contributed by atoms with Crippen LogP contribution in [-0.2, 0) is 11.3 Å². The molecule has 0 aliphatic carbocycles. The van der Waals surface area contributed by atoms with Gasteiger partial charge in [-0.2, -0.15) is 0 Å². The van der Waals surface area contributed by atoms with Gasteiger partial charge in [0.15, 0.2) is 11.5 Å². The minimum absolute atomic E-state index is 0.0816. The van der Waals surface area contributed by atoms with Gasteiger partial charge in [-0.05, 0) is 59.1 Å². The molecule has 0 aromatic heterocycles. The lowest BCUT2D eigenvalue weighted by atomic mass is 10.1. The molecule has 0 bridgehead atoms. The third-order valence-electron chi connectivity index (χ3n) is 3.98. The smallest absolute Gasteiger partial charge is 0.266 e. The number of thioether (sulfide) groups is 1. The van der Waals surface area contributed by atoms with E-state index in [1.54, 1.807) is 4.90 Å². The number of carbonyl (C=O) groups is 1. The van der Waals surface area contributed by atoms with E-state index in [0.29, 0.717) is 40.5 Å². The maximum absolute atomic E-state index is 12.9. The SMILES string of the molecule is CCOc1cc(/C=C2\SC(=S)N(Cc3ccccc3)C2=O)cc(Br)c1OCC. The number of ether oxygens (including phenoxy) is 2. The molecule has 1 aliphatic rings. The predicted octanol–water partition coefficient (Wildman–Crippen LogP) is 5.65. The van der Waals surface area contributed by atoms with Gasteiger partial charge in [0.2, 0.25) is 0 Å². The molecule has 1 heterocycles. The van der Waals surface area contributed by atoms with Crippen molar-refractivity contribution in [2.75, 3.05) is 13.2 Å². The average molecular weight is 478 g/mol. The van der Waals surface area contributed by atoms with E-state index in [4.69, 9.17) is 21.7 Å². The Morgan fingerprint density at radius 1 is 1.14 bits per heavy atom. The number of carbonyl (C=O) groups excluding carboxylic acids is 1. The number of halogens is 1. The van der Waals surface area contributed by atoms with Crippen molar-refractivity contribution in [3.8, 4) is 11.5 Å². The van der Waals surface area contributed by atoms with Crippen LogP contribution in [0.3, 0.4) is 0 Å². The number of amides is 1. The summed E-state index contributed by atoms with van der Waals surface area (Å²) >= 11 is 10.3. The molecule has 4 nitrogen and oxygen atoms in total. The molecule has 3 rings (SSSR count). The minimum Gasteiger partial charge on any atom is -0.490 e. The van der Waals surface area contributed by atoms with E-state index in [9.17, 15) is 4.79 Å². The van der Waals surface area contributed by atoms with E-state index in [-0.39, 0.29) is 5.91 Å². The van der Waals surface area contributed by atoms with Gasteiger partial charge in [0.1, 0.15) is 4.32 Å². The predicted molar refractivity (Wildman–Crippen MR) is 122 cm³/mol. The van der Waals surface area contributed by atoms with E-state index in [2.05, 4.69) is 15.9 Å². The van der Waals surface area contributed by atoms with Crippen molar-refractivity contribution in [1.82, 2.24) is 4.90 Å². The minimum atomic E-state index is -0.0816. The standard InChI is InChI=1S/C21H20BrNO3S2/c1-3-25-17-11-15(10-16(22)19(17)26-4-2)12-18-20(24)23(21(27)28-18)13-14-8-6-5-7-9-14/h5-12H,3-4,13H2,1-2H3/b18-12-. The summed E-state index contributed by atoms with van der Waals surface area (Å²) in [6, 6.07) is 13.6. The van der Waals surface area contributed by atoms with E-state index < -0.39 is 0 Å². The van der Waals surface area contributed by atoms with Crippen LogP contribution in [0.2, 0.25) is 0 Å². The van der Waals surface area contributed by atoms with Gasteiger partial charge in [-0.1, -0.05) is 54.3 Å². The number of hydrogen-bond acceptors (Lipinski definition) is 5. The Hall–Kier alpha value is -1.83. The highest BCUT2D eigenvalue weighted by atomic mass is 79.9. The molecular formula is C21H20BrNO3S2. The zero-order chi connectivity index (χ0) is 20.1. The fourth-order valence-corrected chi connectivity index (χ4v) is 4.60. The largest absolute Gasteiger partial charge is 0.490 e. The maximum atomic E-state index is 12.9. The van der Waals surface area contributed by atoms with Crippen molar-refractivity contribution in [2.24, 2.45) is 0 Å². The second-order valence-corrected chi connectivity index (χ2v) is 8.48. The van der Waals surface area contributed by atoms with Gasteiger partial charge < -0.3 is 9.47 Å².